The van der Waals surface area contributed by atoms with E-state index in [0.717, 1.165) is 24.2 Å². The summed E-state index contributed by atoms with van der Waals surface area (Å²) in [5.41, 5.74) is 0.649. The van der Waals surface area contributed by atoms with E-state index in [4.69, 9.17) is 0 Å². The van der Waals surface area contributed by atoms with Gasteiger partial charge in [-0.3, -0.25) is 0 Å². The summed E-state index contributed by atoms with van der Waals surface area (Å²) >= 11 is 0. The van der Waals surface area contributed by atoms with Crippen molar-refractivity contribution >= 4 is 5.69 Å². The molecule has 122 valence electrons. The van der Waals surface area contributed by atoms with Gasteiger partial charge >= 0.3 is 0 Å². The predicted molar refractivity (Wildman–Crippen MR) is 94.8 cm³/mol. The molecule has 1 heterocycles. The number of benzene rings is 1. The van der Waals surface area contributed by atoms with Gasteiger partial charge in [-0.15, -0.1) is 0 Å². The van der Waals surface area contributed by atoms with Crippen LogP contribution in [0.2, 0.25) is 0 Å². The van der Waals surface area contributed by atoms with Gasteiger partial charge < -0.3 is 10.6 Å². The molecule has 3 rings (SSSR count). The van der Waals surface area contributed by atoms with Crippen LogP contribution in [0.4, 0.5) is 10.1 Å². The first-order chi connectivity index (χ1) is 11.1. The third kappa shape index (κ3) is 3.05. The van der Waals surface area contributed by atoms with E-state index in [9.17, 15) is 0 Å². The molecule has 1 aliphatic carbocycles. The van der Waals surface area contributed by atoms with E-state index in [2.05, 4.69) is 16.7 Å². The number of rotatable bonds is 4. The molecule has 1 saturated heterocycles. The fourth-order valence-electron chi connectivity index (χ4n) is 3.52. The van der Waals surface area contributed by atoms with Gasteiger partial charge in [0.25, 0.3) is 0 Å². The average molecular weight is 312 g/mol. The Morgan fingerprint density at radius 2 is 2.13 bits per heavy atom. The topological polar surface area (TPSA) is 24.1 Å². The van der Waals surface area contributed by atoms with Crippen molar-refractivity contribution in [1.29, 1.82) is 0 Å². The van der Waals surface area contributed by atoms with E-state index in [-0.39, 0.29) is 18.0 Å². The van der Waals surface area contributed by atoms with Gasteiger partial charge in [-0.05, 0) is 31.1 Å². The highest BCUT2D eigenvalue weighted by molar-refractivity contribution is 5.45. The molecule has 1 aliphatic heterocycles. The van der Waals surface area contributed by atoms with Crippen molar-refractivity contribution in [3.05, 3.63) is 66.4 Å². The number of alkyl halides is 1. The van der Waals surface area contributed by atoms with Gasteiger partial charge in [-0.2, -0.15) is 0 Å². The second kappa shape index (κ2) is 6.61. The molecular weight excluding hydrogens is 287 g/mol. The Kier molecular flexibility index (Phi) is 4.56. The van der Waals surface area contributed by atoms with Crippen LogP contribution >= 0.6 is 0 Å². The molecule has 0 saturated carbocycles. The number of para-hydroxylation sites is 1. The standard InChI is InChI=1S/C20H25FN2/c1-3-4-14-20(21)15(2)19(22-16-10-6-5-7-11-16)23-18-13-9-8-12-17(18)20/h4-11,13-15,17,19,22-23H,3,12H2,1-2H3. The van der Waals surface area contributed by atoms with Crippen molar-refractivity contribution in [3.8, 4) is 0 Å². The number of fused-ring (bicyclic) bond motifs is 1. The number of halogens is 1. The Hall–Kier alpha value is -2.03. The van der Waals surface area contributed by atoms with Crippen LogP contribution in [0.5, 0.6) is 0 Å². The minimum absolute atomic E-state index is 0.126. The molecular formula is C20H25FN2. The number of hydrogen-bond donors (Lipinski definition) is 2. The molecule has 4 atom stereocenters. The molecule has 0 amide bonds. The van der Waals surface area contributed by atoms with Crippen molar-refractivity contribution in [3.63, 3.8) is 0 Å². The lowest BCUT2D eigenvalue weighted by atomic mass is 9.70. The van der Waals surface area contributed by atoms with Crippen LogP contribution in [-0.4, -0.2) is 11.8 Å². The van der Waals surface area contributed by atoms with Gasteiger partial charge in [0.1, 0.15) is 11.8 Å². The molecule has 23 heavy (non-hydrogen) atoms. The van der Waals surface area contributed by atoms with Crippen molar-refractivity contribution in [2.24, 2.45) is 11.8 Å². The Balaban J connectivity index is 1.91. The third-order valence-electron chi connectivity index (χ3n) is 4.92. The number of piperidine rings is 1. The van der Waals surface area contributed by atoms with Gasteiger partial charge in [0, 0.05) is 23.2 Å². The molecule has 0 radical (unpaired) electrons. The van der Waals surface area contributed by atoms with E-state index < -0.39 is 5.67 Å². The lowest BCUT2D eigenvalue weighted by Gasteiger charge is -2.48. The first kappa shape index (κ1) is 15.9. The molecule has 2 N–H and O–H groups in total. The lowest BCUT2D eigenvalue weighted by Crippen LogP contribution is -2.59. The summed E-state index contributed by atoms with van der Waals surface area (Å²) in [6.45, 7) is 4.03. The first-order valence-corrected chi connectivity index (χ1v) is 8.46. The number of anilines is 1. The smallest absolute Gasteiger partial charge is 0.143 e. The van der Waals surface area contributed by atoms with Crippen molar-refractivity contribution < 1.29 is 4.39 Å². The van der Waals surface area contributed by atoms with E-state index in [1.807, 2.05) is 62.4 Å². The summed E-state index contributed by atoms with van der Waals surface area (Å²) in [5, 5.41) is 6.96. The molecule has 0 spiro atoms. The van der Waals surface area contributed by atoms with Crippen LogP contribution in [0.3, 0.4) is 0 Å². The number of allylic oxidation sites excluding steroid dienone is 6. The molecule has 1 fully saturated rings. The van der Waals surface area contributed by atoms with Crippen molar-refractivity contribution in [2.75, 3.05) is 5.32 Å². The highest BCUT2D eigenvalue weighted by Crippen LogP contribution is 2.45. The Morgan fingerprint density at radius 3 is 2.87 bits per heavy atom. The van der Waals surface area contributed by atoms with Gasteiger partial charge in [-0.25, -0.2) is 4.39 Å². The molecule has 3 heteroatoms. The normalized spacial score (nSPS) is 33.0. The van der Waals surface area contributed by atoms with Crippen LogP contribution in [0.25, 0.3) is 0 Å². The van der Waals surface area contributed by atoms with Gasteiger partial charge in [0.2, 0.25) is 0 Å². The highest BCUT2D eigenvalue weighted by atomic mass is 19.1. The maximum atomic E-state index is 16.0. The summed E-state index contributed by atoms with van der Waals surface area (Å²) in [5.74, 6) is -0.307. The molecule has 0 bridgehead atoms. The molecule has 4 unspecified atom stereocenters. The zero-order valence-electron chi connectivity index (χ0n) is 13.8. The highest BCUT2D eigenvalue weighted by Gasteiger charge is 2.50. The van der Waals surface area contributed by atoms with E-state index in [1.54, 1.807) is 6.08 Å². The second-order valence-corrected chi connectivity index (χ2v) is 6.40. The van der Waals surface area contributed by atoms with Crippen LogP contribution in [0, 0.1) is 11.8 Å². The molecule has 1 aromatic carbocycles. The average Bonchev–Trinajstić information content (AvgIpc) is 2.59. The molecule has 1 aromatic rings. The zero-order chi connectivity index (χ0) is 16.3. The van der Waals surface area contributed by atoms with Crippen LogP contribution in [0.1, 0.15) is 26.7 Å². The Morgan fingerprint density at radius 1 is 1.35 bits per heavy atom. The Bertz CT molecular complexity index is 620. The minimum atomic E-state index is -1.34. The zero-order valence-corrected chi connectivity index (χ0v) is 13.8. The summed E-state index contributed by atoms with van der Waals surface area (Å²) in [6, 6.07) is 9.98. The molecule has 2 nitrogen and oxygen atoms in total. The first-order valence-electron chi connectivity index (χ1n) is 8.46. The van der Waals surface area contributed by atoms with Crippen LogP contribution in [0.15, 0.2) is 66.4 Å². The van der Waals surface area contributed by atoms with Crippen molar-refractivity contribution in [1.82, 2.24) is 5.32 Å². The fraction of sp³-hybridized carbons (Fsp3) is 0.400. The number of hydrogen-bond acceptors (Lipinski definition) is 2. The largest absolute Gasteiger partial charge is 0.368 e. The van der Waals surface area contributed by atoms with Crippen LogP contribution < -0.4 is 10.6 Å². The van der Waals surface area contributed by atoms with Gasteiger partial charge in [-0.1, -0.05) is 56.4 Å². The SMILES string of the molecule is CCC=CC1(F)C2CC=CC=C2NC(Nc2ccccc2)C1C. The monoisotopic (exact) mass is 312 g/mol. The predicted octanol–water partition coefficient (Wildman–Crippen LogP) is 4.80. The maximum Gasteiger partial charge on any atom is 0.143 e. The summed E-state index contributed by atoms with van der Waals surface area (Å²) < 4.78 is 16.0. The van der Waals surface area contributed by atoms with Crippen LogP contribution in [-0.2, 0) is 0 Å². The number of nitrogens with one attached hydrogen (secondary N) is 2. The van der Waals surface area contributed by atoms with E-state index >= 15 is 4.39 Å². The van der Waals surface area contributed by atoms with E-state index in [0.29, 0.717) is 0 Å². The second-order valence-electron chi connectivity index (χ2n) is 6.40. The quantitative estimate of drug-likeness (QED) is 0.781. The lowest BCUT2D eigenvalue weighted by molar-refractivity contribution is 0.0462. The summed E-state index contributed by atoms with van der Waals surface area (Å²) in [4.78, 5) is 0. The maximum absolute atomic E-state index is 16.0. The van der Waals surface area contributed by atoms with Crippen molar-refractivity contribution in [2.45, 2.75) is 38.5 Å². The van der Waals surface area contributed by atoms with Gasteiger partial charge in [0.05, 0.1) is 0 Å². The molecule has 2 aliphatic rings. The summed E-state index contributed by atoms with van der Waals surface area (Å²) in [7, 11) is 0. The third-order valence-corrected chi connectivity index (χ3v) is 4.92. The van der Waals surface area contributed by atoms with Gasteiger partial charge in [0.15, 0.2) is 0 Å². The molecule has 0 aromatic heterocycles. The minimum Gasteiger partial charge on any atom is -0.368 e. The van der Waals surface area contributed by atoms with E-state index in [1.165, 1.54) is 0 Å². The Labute approximate surface area is 138 Å². The fourth-order valence-corrected chi connectivity index (χ4v) is 3.52. The summed E-state index contributed by atoms with van der Waals surface area (Å²) in [6.07, 6.45) is 11.3.